The highest BCUT2D eigenvalue weighted by molar-refractivity contribution is 5.94. The van der Waals surface area contributed by atoms with Crippen LogP contribution in [0.5, 0.6) is 0 Å². The van der Waals surface area contributed by atoms with Crippen LogP contribution in [0.3, 0.4) is 0 Å². The minimum absolute atomic E-state index is 0.525. The number of anilines is 1. The Balaban J connectivity index is 1.89. The van der Waals surface area contributed by atoms with E-state index < -0.39 is 0 Å². The first-order valence-corrected chi connectivity index (χ1v) is 7.65. The summed E-state index contributed by atoms with van der Waals surface area (Å²) in [5, 5.41) is 2.40. The maximum Gasteiger partial charge on any atom is 0.136 e. The monoisotopic (exact) mass is 285 g/mol. The Kier molecular flexibility index (Phi) is 4.36. The number of aromatic nitrogens is 1. The summed E-state index contributed by atoms with van der Waals surface area (Å²) in [4.78, 5) is 6.93. The highest BCUT2D eigenvalue weighted by Crippen LogP contribution is 2.27. The van der Waals surface area contributed by atoms with E-state index in [-0.39, 0.29) is 0 Å². The van der Waals surface area contributed by atoms with Crippen LogP contribution in [0.15, 0.2) is 30.5 Å². The van der Waals surface area contributed by atoms with Crippen molar-refractivity contribution >= 4 is 16.6 Å². The van der Waals surface area contributed by atoms with Gasteiger partial charge in [-0.2, -0.15) is 0 Å². The van der Waals surface area contributed by atoms with Gasteiger partial charge in [-0.3, -0.25) is 0 Å². The van der Waals surface area contributed by atoms with Crippen molar-refractivity contribution in [3.63, 3.8) is 0 Å². The molecule has 1 aromatic carbocycles. The molecule has 0 bridgehead atoms. The third-order valence-electron chi connectivity index (χ3n) is 4.31. The van der Waals surface area contributed by atoms with E-state index in [0.29, 0.717) is 12.5 Å². The number of hydrogen-bond donors (Lipinski definition) is 1. The van der Waals surface area contributed by atoms with Gasteiger partial charge in [-0.05, 0) is 29.7 Å². The van der Waals surface area contributed by atoms with Crippen LogP contribution in [0.25, 0.3) is 10.8 Å². The first-order valence-electron chi connectivity index (χ1n) is 7.65. The number of hydrogen-bond acceptors (Lipinski definition) is 4. The van der Waals surface area contributed by atoms with Crippen LogP contribution >= 0.6 is 0 Å². The number of ether oxygens (including phenoxy) is 1. The molecule has 4 heteroatoms. The van der Waals surface area contributed by atoms with Gasteiger partial charge in [0.25, 0.3) is 0 Å². The van der Waals surface area contributed by atoms with Crippen molar-refractivity contribution < 1.29 is 4.74 Å². The zero-order valence-corrected chi connectivity index (χ0v) is 12.6. The van der Waals surface area contributed by atoms with Gasteiger partial charge in [0.1, 0.15) is 5.82 Å². The molecular weight excluding hydrogens is 262 g/mol. The highest BCUT2D eigenvalue weighted by Gasteiger charge is 2.18. The zero-order chi connectivity index (χ0) is 14.7. The fraction of sp³-hybridized carbons (Fsp3) is 0.471. The number of nitrogens with zero attached hydrogens (tertiary/aromatic N) is 2. The Bertz CT molecular complexity index is 608. The van der Waals surface area contributed by atoms with Crippen LogP contribution in [0.2, 0.25) is 0 Å². The third-order valence-corrected chi connectivity index (χ3v) is 4.31. The summed E-state index contributed by atoms with van der Waals surface area (Å²) >= 11 is 0. The molecule has 2 aromatic rings. The van der Waals surface area contributed by atoms with E-state index in [4.69, 9.17) is 10.5 Å². The van der Waals surface area contributed by atoms with Crippen molar-refractivity contribution in [2.45, 2.75) is 19.4 Å². The van der Waals surface area contributed by atoms with Crippen LogP contribution in [-0.4, -0.2) is 31.8 Å². The van der Waals surface area contributed by atoms with Gasteiger partial charge in [0.05, 0.1) is 0 Å². The van der Waals surface area contributed by atoms with Gasteiger partial charge in [0.15, 0.2) is 0 Å². The molecule has 0 spiro atoms. The SMILES string of the molecule is CN(CC1CCOCC1)c1ncc(CN)c2ccccc12. The van der Waals surface area contributed by atoms with Gasteiger partial charge in [-0.25, -0.2) is 4.98 Å². The molecule has 0 radical (unpaired) electrons. The van der Waals surface area contributed by atoms with Crippen LogP contribution in [-0.2, 0) is 11.3 Å². The maximum atomic E-state index is 5.82. The zero-order valence-electron chi connectivity index (χ0n) is 12.6. The molecule has 0 atom stereocenters. The van der Waals surface area contributed by atoms with Crippen LogP contribution in [0, 0.1) is 5.92 Å². The summed E-state index contributed by atoms with van der Waals surface area (Å²) < 4.78 is 5.44. The van der Waals surface area contributed by atoms with E-state index >= 15 is 0 Å². The molecule has 1 aromatic heterocycles. The minimum Gasteiger partial charge on any atom is -0.381 e. The quantitative estimate of drug-likeness (QED) is 0.938. The Morgan fingerprint density at radius 3 is 2.67 bits per heavy atom. The van der Waals surface area contributed by atoms with E-state index in [0.717, 1.165) is 44.0 Å². The number of fused-ring (bicyclic) bond motifs is 1. The lowest BCUT2D eigenvalue weighted by Gasteiger charge is -2.28. The molecular formula is C17H23N3O. The van der Waals surface area contributed by atoms with Gasteiger partial charge in [-0.1, -0.05) is 24.3 Å². The predicted octanol–water partition coefficient (Wildman–Crippen LogP) is 2.56. The fourth-order valence-electron chi connectivity index (χ4n) is 3.11. The summed E-state index contributed by atoms with van der Waals surface area (Å²) in [6.45, 7) is 3.33. The average molecular weight is 285 g/mol. The molecule has 21 heavy (non-hydrogen) atoms. The lowest BCUT2D eigenvalue weighted by atomic mass is 9.99. The molecule has 4 nitrogen and oxygen atoms in total. The molecule has 0 amide bonds. The maximum absolute atomic E-state index is 5.82. The minimum atomic E-state index is 0.525. The van der Waals surface area contributed by atoms with Crippen molar-refractivity contribution in [1.29, 1.82) is 0 Å². The lowest BCUT2D eigenvalue weighted by molar-refractivity contribution is 0.0685. The second kappa shape index (κ2) is 6.41. The molecule has 112 valence electrons. The van der Waals surface area contributed by atoms with E-state index in [1.54, 1.807) is 0 Å². The van der Waals surface area contributed by atoms with Crippen molar-refractivity contribution in [3.8, 4) is 0 Å². The molecule has 1 aliphatic heterocycles. The molecule has 2 N–H and O–H groups in total. The third kappa shape index (κ3) is 3.01. The number of rotatable bonds is 4. The second-order valence-electron chi connectivity index (χ2n) is 5.79. The highest BCUT2D eigenvalue weighted by atomic mass is 16.5. The average Bonchev–Trinajstić information content (AvgIpc) is 2.54. The fourth-order valence-corrected chi connectivity index (χ4v) is 3.11. The first kappa shape index (κ1) is 14.3. The van der Waals surface area contributed by atoms with E-state index in [9.17, 15) is 0 Å². The number of pyridine rings is 1. The molecule has 0 saturated carbocycles. The topological polar surface area (TPSA) is 51.4 Å². The molecule has 1 fully saturated rings. The van der Waals surface area contributed by atoms with E-state index in [1.165, 1.54) is 10.8 Å². The Morgan fingerprint density at radius 2 is 1.95 bits per heavy atom. The standard InChI is InChI=1S/C17H23N3O/c1-20(12-13-6-8-21-9-7-13)17-16-5-3-2-4-15(16)14(10-18)11-19-17/h2-5,11,13H,6-10,12,18H2,1H3. The smallest absolute Gasteiger partial charge is 0.136 e. The Hall–Kier alpha value is -1.65. The van der Waals surface area contributed by atoms with E-state index in [1.807, 2.05) is 6.20 Å². The van der Waals surface area contributed by atoms with Crippen molar-refractivity contribution in [3.05, 3.63) is 36.0 Å². The van der Waals surface area contributed by atoms with Crippen LogP contribution < -0.4 is 10.6 Å². The molecule has 1 saturated heterocycles. The molecule has 2 heterocycles. The van der Waals surface area contributed by atoms with Gasteiger partial charge in [-0.15, -0.1) is 0 Å². The molecule has 0 unspecified atom stereocenters. The molecule has 0 aliphatic carbocycles. The van der Waals surface area contributed by atoms with Gasteiger partial charge in [0, 0.05) is 44.9 Å². The second-order valence-corrected chi connectivity index (χ2v) is 5.79. The van der Waals surface area contributed by atoms with Crippen molar-refractivity contribution in [2.75, 3.05) is 31.7 Å². The molecule has 1 aliphatic rings. The predicted molar refractivity (Wildman–Crippen MR) is 86.4 cm³/mol. The van der Waals surface area contributed by atoms with Gasteiger partial charge in [0.2, 0.25) is 0 Å². The van der Waals surface area contributed by atoms with Gasteiger partial charge < -0.3 is 15.4 Å². The largest absolute Gasteiger partial charge is 0.381 e. The summed E-state index contributed by atoms with van der Waals surface area (Å²) in [6, 6.07) is 8.39. The summed E-state index contributed by atoms with van der Waals surface area (Å²) in [5.41, 5.74) is 6.93. The summed E-state index contributed by atoms with van der Waals surface area (Å²) in [7, 11) is 2.13. The number of nitrogens with two attached hydrogens (primary N) is 1. The van der Waals surface area contributed by atoms with E-state index in [2.05, 4.69) is 41.2 Å². The lowest BCUT2D eigenvalue weighted by Crippen LogP contribution is -2.30. The normalized spacial score (nSPS) is 16.3. The first-order chi connectivity index (χ1) is 10.3. The molecule has 3 rings (SSSR count). The number of benzene rings is 1. The van der Waals surface area contributed by atoms with Crippen molar-refractivity contribution in [2.24, 2.45) is 11.7 Å². The van der Waals surface area contributed by atoms with Crippen LogP contribution in [0.4, 0.5) is 5.82 Å². The van der Waals surface area contributed by atoms with Crippen molar-refractivity contribution in [1.82, 2.24) is 4.98 Å². The summed E-state index contributed by atoms with van der Waals surface area (Å²) in [6.07, 6.45) is 4.20. The van der Waals surface area contributed by atoms with Gasteiger partial charge >= 0.3 is 0 Å². The Morgan fingerprint density at radius 1 is 1.24 bits per heavy atom. The summed E-state index contributed by atoms with van der Waals surface area (Å²) in [5.74, 6) is 1.74. The Labute approximate surface area is 125 Å². The van der Waals surface area contributed by atoms with Crippen LogP contribution in [0.1, 0.15) is 18.4 Å².